The number of hydrogen-bond donors (Lipinski definition) is 0. The smallest absolute Gasteiger partial charge is 0.228 e. The zero-order valence-electron chi connectivity index (χ0n) is 19.1. The molecule has 1 aliphatic rings. The summed E-state index contributed by atoms with van der Waals surface area (Å²) in [5, 5.41) is 5.07. The Hall–Kier alpha value is -2.87. The summed E-state index contributed by atoms with van der Waals surface area (Å²) in [4.78, 5) is 0. The summed E-state index contributed by atoms with van der Waals surface area (Å²) < 4.78 is 8.87. The third-order valence-corrected chi connectivity index (χ3v) is 6.28. The van der Waals surface area contributed by atoms with E-state index in [9.17, 15) is 0 Å². The van der Waals surface area contributed by atoms with Crippen LogP contribution in [0.5, 0.6) is 11.5 Å². The predicted molar refractivity (Wildman–Crippen MR) is 126 cm³/mol. The van der Waals surface area contributed by atoms with Crippen LogP contribution in [0.3, 0.4) is 0 Å². The quantitative estimate of drug-likeness (QED) is 0.275. The van der Waals surface area contributed by atoms with Gasteiger partial charge in [-0.25, -0.2) is 4.57 Å². The molecule has 1 aromatic heterocycles. The Kier molecular flexibility index (Phi) is 4.02. The van der Waals surface area contributed by atoms with Gasteiger partial charge in [-0.15, -0.1) is 0 Å². The molecule has 0 N–H and O–H groups in total. The first-order valence-electron chi connectivity index (χ1n) is 10.8. The molecule has 0 radical (unpaired) electrons. The van der Waals surface area contributed by atoms with Crippen LogP contribution in [0.25, 0.3) is 32.8 Å². The Morgan fingerprint density at radius 1 is 0.900 bits per heavy atom. The van der Waals surface area contributed by atoms with E-state index in [0.717, 1.165) is 17.9 Å². The summed E-state index contributed by atoms with van der Waals surface area (Å²) in [6.07, 6.45) is 3.21. The lowest BCUT2D eigenvalue weighted by atomic mass is 9.86. The molecule has 0 spiro atoms. The number of fused-ring (bicyclic) bond motifs is 3. The molecule has 0 amide bonds. The second-order valence-corrected chi connectivity index (χ2v) is 10.2. The average Bonchev–Trinajstić information content (AvgIpc) is 2.63. The van der Waals surface area contributed by atoms with Crippen molar-refractivity contribution in [3.8, 4) is 22.8 Å². The van der Waals surface area contributed by atoms with E-state index in [4.69, 9.17) is 4.74 Å². The number of hydrogen-bond acceptors (Lipinski definition) is 1. The van der Waals surface area contributed by atoms with Crippen LogP contribution in [0, 0.1) is 26.2 Å². The van der Waals surface area contributed by atoms with Crippen LogP contribution in [0.2, 0.25) is 0 Å². The van der Waals surface area contributed by atoms with E-state index in [0.29, 0.717) is 0 Å². The van der Waals surface area contributed by atoms with Crippen molar-refractivity contribution in [2.24, 2.45) is 12.5 Å². The predicted octanol–water partition coefficient (Wildman–Crippen LogP) is 7.10. The molecule has 4 aromatic rings. The monoisotopic (exact) mass is 396 g/mol. The maximum absolute atomic E-state index is 6.62. The van der Waals surface area contributed by atoms with Crippen molar-refractivity contribution in [2.45, 2.75) is 48.0 Å². The highest BCUT2D eigenvalue weighted by atomic mass is 16.5. The molecule has 30 heavy (non-hydrogen) atoms. The molecule has 2 heterocycles. The van der Waals surface area contributed by atoms with E-state index in [1.54, 1.807) is 0 Å². The highest BCUT2D eigenvalue weighted by molar-refractivity contribution is 6.06. The fraction of sp³-hybridized carbons (Fsp3) is 0.321. The molecular weight excluding hydrogens is 366 g/mol. The lowest BCUT2D eigenvalue weighted by molar-refractivity contribution is -0.659. The number of aromatic nitrogens is 1. The Morgan fingerprint density at radius 3 is 2.40 bits per heavy atom. The molecule has 0 atom stereocenters. The van der Waals surface area contributed by atoms with Crippen LogP contribution in [0.4, 0.5) is 0 Å². The van der Waals surface area contributed by atoms with Gasteiger partial charge in [0.15, 0.2) is 6.20 Å². The fourth-order valence-electron chi connectivity index (χ4n) is 5.12. The minimum atomic E-state index is 0.233. The molecular formula is C28H30NO+. The Labute approximate surface area is 179 Å². The van der Waals surface area contributed by atoms with Crippen LogP contribution in [0.1, 0.15) is 43.0 Å². The van der Waals surface area contributed by atoms with Crippen molar-refractivity contribution >= 4 is 21.5 Å². The molecule has 0 aliphatic carbocycles. The maximum atomic E-state index is 6.62. The van der Waals surface area contributed by atoms with E-state index >= 15 is 0 Å². The van der Waals surface area contributed by atoms with Gasteiger partial charge in [0.2, 0.25) is 5.69 Å². The summed E-state index contributed by atoms with van der Waals surface area (Å²) in [6, 6.07) is 13.6. The number of rotatable bonds is 1. The normalized spacial score (nSPS) is 12.9. The molecule has 5 rings (SSSR count). The van der Waals surface area contributed by atoms with Crippen LogP contribution in [-0.2, 0) is 13.5 Å². The van der Waals surface area contributed by atoms with E-state index in [2.05, 4.69) is 95.8 Å². The lowest BCUT2D eigenvalue weighted by Gasteiger charge is -2.24. The first kappa shape index (κ1) is 19.1. The minimum absolute atomic E-state index is 0.233. The second-order valence-electron chi connectivity index (χ2n) is 10.2. The summed E-state index contributed by atoms with van der Waals surface area (Å²) in [7, 11) is 2.14. The Bertz CT molecular complexity index is 1360. The number of benzene rings is 3. The zero-order chi connectivity index (χ0) is 21.4. The topological polar surface area (TPSA) is 13.1 Å². The van der Waals surface area contributed by atoms with Gasteiger partial charge in [0.05, 0.1) is 10.9 Å². The molecule has 0 fully saturated rings. The van der Waals surface area contributed by atoms with Crippen molar-refractivity contribution in [1.29, 1.82) is 0 Å². The standard InChI is InChI=1S/C28H30NO/c1-16-10-17(2)21-14-24-25(18(3)22(21)11-16)27-26-20(8-9-29(27)7)12-19(13-23(26)30-24)15-28(4,5)6/h8-14H,15H2,1-7H3/q+1. The van der Waals surface area contributed by atoms with Crippen LogP contribution in [-0.4, -0.2) is 0 Å². The average molecular weight is 397 g/mol. The summed E-state index contributed by atoms with van der Waals surface area (Å²) in [5.41, 5.74) is 7.93. The molecule has 0 saturated heterocycles. The van der Waals surface area contributed by atoms with Crippen molar-refractivity contribution in [2.75, 3.05) is 0 Å². The van der Waals surface area contributed by atoms with Gasteiger partial charge in [-0.05, 0) is 77.6 Å². The molecule has 3 aromatic carbocycles. The van der Waals surface area contributed by atoms with E-state index in [1.807, 2.05) is 0 Å². The number of ether oxygens (including phenoxy) is 1. The molecule has 2 heteroatoms. The van der Waals surface area contributed by atoms with Crippen LogP contribution in [0.15, 0.2) is 42.6 Å². The van der Waals surface area contributed by atoms with Gasteiger partial charge in [0.25, 0.3) is 0 Å². The highest BCUT2D eigenvalue weighted by Crippen LogP contribution is 2.49. The van der Waals surface area contributed by atoms with Crippen molar-refractivity contribution in [1.82, 2.24) is 0 Å². The lowest BCUT2D eigenvalue weighted by Crippen LogP contribution is -2.31. The van der Waals surface area contributed by atoms with E-state index in [1.165, 1.54) is 55.1 Å². The first-order valence-corrected chi connectivity index (χ1v) is 10.8. The Morgan fingerprint density at radius 2 is 1.67 bits per heavy atom. The van der Waals surface area contributed by atoms with Gasteiger partial charge in [0.1, 0.15) is 18.5 Å². The Balaban J connectivity index is 1.86. The van der Waals surface area contributed by atoms with Gasteiger partial charge in [-0.2, -0.15) is 0 Å². The molecule has 2 nitrogen and oxygen atoms in total. The van der Waals surface area contributed by atoms with E-state index in [-0.39, 0.29) is 5.41 Å². The van der Waals surface area contributed by atoms with Gasteiger partial charge >= 0.3 is 0 Å². The van der Waals surface area contributed by atoms with Crippen LogP contribution < -0.4 is 9.30 Å². The van der Waals surface area contributed by atoms with E-state index < -0.39 is 0 Å². The van der Waals surface area contributed by atoms with Gasteiger partial charge in [-0.3, -0.25) is 0 Å². The maximum Gasteiger partial charge on any atom is 0.228 e. The fourth-order valence-corrected chi connectivity index (χ4v) is 5.12. The summed E-state index contributed by atoms with van der Waals surface area (Å²) >= 11 is 0. The third kappa shape index (κ3) is 2.89. The number of pyridine rings is 1. The third-order valence-electron chi connectivity index (χ3n) is 6.28. The van der Waals surface area contributed by atoms with Crippen molar-refractivity contribution < 1.29 is 9.30 Å². The van der Waals surface area contributed by atoms with Crippen LogP contribution >= 0.6 is 0 Å². The first-order chi connectivity index (χ1) is 14.1. The van der Waals surface area contributed by atoms with Crippen molar-refractivity contribution in [3.63, 3.8) is 0 Å². The highest BCUT2D eigenvalue weighted by Gasteiger charge is 2.31. The summed E-state index contributed by atoms with van der Waals surface area (Å²) in [6.45, 7) is 13.5. The molecule has 152 valence electrons. The van der Waals surface area contributed by atoms with Crippen molar-refractivity contribution in [3.05, 3.63) is 64.8 Å². The minimum Gasteiger partial charge on any atom is -0.456 e. The molecule has 1 aliphatic heterocycles. The van der Waals surface area contributed by atoms with Gasteiger partial charge in [-0.1, -0.05) is 44.5 Å². The molecule has 0 unspecified atom stereocenters. The zero-order valence-corrected chi connectivity index (χ0v) is 19.1. The second kappa shape index (κ2) is 6.31. The summed E-state index contributed by atoms with van der Waals surface area (Å²) in [5.74, 6) is 1.95. The molecule has 0 saturated carbocycles. The number of aryl methyl sites for hydroxylation is 4. The molecule has 0 bridgehead atoms. The van der Waals surface area contributed by atoms with Gasteiger partial charge in [0, 0.05) is 6.07 Å². The largest absolute Gasteiger partial charge is 0.456 e. The SMILES string of the molecule is Cc1cc(C)c2cc3c(c(C)c2c1)-c1c2c(cc(CC(C)(C)C)cc2cc[n+]1C)O3. The van der Waals surface area contributed by atoms with Gasteiger partial charge < -0.3 is 4.74 Å². The number of nitrogens with zero attached hydrogens (tertiary/aromatic N) is 1.